The lowest BCUT2D eigenvalue weighted by atomic mass is 9.94. The van der Waals surface area contributed by atoms with Crippen molar-refractivity contribution < 1.29 is 13.5 Å². The van der Waals surface area contributed by atoms with Crippen LogP contribution in [0, 0.1) is 6.92 Å². The first-order valence-electron chi connectivity index (χ1n) is 10.0. The number of hydrogen-bond donors (Lipinski definition) is 3. The van der Waals surface area contributed by atoms with E-state index >= 15 is 0 Å². The number of nitrogens with zero attached hydrogens (tertiary/aromatic N) is 4. The van der Waals surface area contributed by atoms with Crippen LogP contribution < -0.4 is 10.5 Å². The molecule has 1 aliphatic rings. The normalized spacial score (nSPS) is 19.3. The lowest BCUT2D eigenvalue weighted by molar-refractivity contribution is 0.120. The van der Waals surface area contributed by atoms with Gasteiger partial charge in [0.15, 0.2) is 0 Å². The summed E-state index contributed by atoms with van der Waals surface area (Å²) in [7, 11) is -3.72. The molecule has 0 radical (unpaired) electrons. The number of aliphatic hydroxyl groups is 1. The van der Waals surface area contributed by atoms with Crippen molar-refractivity contribution in [3.63, 3.8) is 0 Å². The van der Waals surface area contributed by atoms with Crippen molar-refractivity contribution >= 4 is 15.8 Å². The number of aliphatic hydroxyl groups excluding tert-OH is 1. The Hall–Kier alpha value is -2.95. The molecule has 0 amide bonds. The summed E-state index contributed by atoms with van der Waals surface area (Å²) in [6.07, 6.45) is 8.20. The summed E-state index contributed by atoms with van der Waals surface area (Å²) in [5, 5.41) is 9.65. The first-order valence-corrected chi connectivity index (χ1v) is 11.5. The van der Waals surface area contributed by atoms with Crippen molar-refractivity contribution in [2.75, 3.05) is 5.73 Å². The van der Waals surface area contributed by atoms with Crippen molar-refractivity contribution in [2.45, 2.75) is 49.6 Å². The molecule has 1 saturated carbocycles. The minimum absolute atomic E-state index is 0.155. The maximum Gasteiger partial charge on any atom is 0.240 e. The van der Waals surface area contributed by atoms with Crippen LogP contribution in [0.1, 0.15) is 31.2 Å². The zero-order chi connectivity index (χ0) is 22.0. The van der Waals surface area contributed by atoms with E-state index < -0.39 is 10.0 Å². The van der Waals surface area contributed by atoms with E-state index in [0.717, 1.165) is 5.56 Å². The third kappa shape index (κ3) is 4.71. The van der Waals surface area contributed by atoms with Gasteiger partial charge in [-0.1, -0.05) is 6.07 Å². The number of aromatic nitrogens is 4. The molecule has 31 heavy (non-hydrogen) atoms. The van der Waals surface area contributed by atoms with Crippen molar-refractivity contribution in [2.24, 2.45) is 0 Å². The number of nitrogen functional groups attached to an aromatic ring is 1. The summed E-state index contributed by atoms with van der Waals surface area (Å²) in [4.78, 5) is 17.0. The molecule has 3 aromatic rings. The van der Waals surface area contributed by atoms with Crippen LogP contribution >= 0.6 is 0 Å². The smallest absolute Gasteiger partial charge is 0.240 e. The highest BCUT2D eigenvalue weighted by Gasteiger charge is 2.25. The summed E-state index contributed by atoms with van der Waals surface area (Å²) in [6, 6.07) is 4.74. The average Bonchev–Trinajstić information content (AvgIpc) is 2.76. The van der Waals surface area contributed by atoms with Crippen LogP contribution in [-0.2, 0) is 10.0 Å². The first-order chi connectivity index (χ1) is 14.8. The van der Waals surface area contributed by atoms with Gasteiger partial charge in [-0.2, -0.15) is 0 Å². The van der Waals surface area contributed by atoms with Crippen LogP contribution in [0.4, 0.5) is 5.82 Å². The Labute approximate surface area is 180 Å². The quantitative estimate of drug-likeness (QED) is 0.547. The molecule has 9 nitrogen and oxygen atoms in total. The molecule has 0 saturated heterocycles. The fourth-order valence-corrected chi connectivity index (χ4v) is 5.02. The summed E-state index contributed by atoms with van der Waals surface area (Å²) in [6.45, 7) is 1.88. The molecule has 1 aliphatic carbocycles. The van der Waals surface area contributed by atoms with Crippen LogP contribution in [0.25, 0.3) is 22.5 Å². The summed E-state index contributed by atoms with van der Waals surface area (Å²) < 4.78 is 28.7. The van der Waals surface area contributed by atoms with Crippen molar-refractivity contribution in [3.8, 4) is 22.5 Å². The van der Waals surface area contributed by atoms with Gasteiger partial charge in [-0.25, -0.2) is 33.1 Å². The van der Waals surface area contributed by atoms with E-state index in [-0.39, 0.29) is 22.9 Å². The Morgan fingerprint density at radius 2 is 1.81 bits per heavy atom. The number of rotatable bonds is 5. The summed E-state index contributed by atoms with van der Waals surface area (Å²) in [5.74, 6) is 0.237. The molecule has 4 rings (SSSR count). The van der Waals surface area contributed by atoms with E-state index in [4.69, 9.17) is 5.73 Å². The highest BCUT2D eigenvalue weighted by molar-refractivity contribution is 7.89. The summed E-state index contributed by atoms with van der Waals surface area (Å²) >= 11 is 0. The predicted octanol–water partition coefficient (Wildman–Crippen LogP) is 2.07. The van der Waals surface area contributed by atoms with Gasteiger partial charge in [0.1, 0.15) is 17.8 Å². The molecular formula is C21H24N6O3S. The Morgan fingerprint density at radius 1 is 1.10 bits per heavy atom. The third-order valence-corrected chi connectivity index (χ3v) is 6.97. The number of aryl methyl sites for hydroxylation is 1. The summed E-state index contributed by atoms with van der Waals surface area (Å²) in [5.41, 5.74) is 9.06. The minimum Gasteiger partial charge on any atom is -0.393 e. The fraction of sp³-hybridized carbons (Fsp3) is 0.333. The second kappa shape index (κ2) is 8.66. The molecule has 1 fully saturated rings. The fourth-order valence-electron chi connectivity index (χ4n) is 3.69. The minimum atomic E-state index is -3.72. The van der Waals surface area contributed by atoms with Crippen molar-refractivity contribution in [1.29, 1.82) is 0 Å². The second-order valence-corrected chi connectivity index (χ2v) is 9.43. The molecule has 1 aromatic carbocycles. The van der Waals surface area contributed by atoms with Crippen LogP contribution in [0.5, 0.6) is 0 Å². The van der Waals surface area contributed by atoms with Gasteiger partial charge in [-0.15, -0.1) is 0 Å². The van der Waals surface area contributed by atoms with Crippen molar-refractivity contribution in [1.82, 2.24) is 24.7 Å². The van der Waals surface area contributed by atoms with Gasteiger partial charge in [0, 0.05) is 29.6 Å². The SMILES string of the molecule is Cc1ccc(S(=O)(=O)N[C@H]2CC[C@H](O)CC2)cc1-c1cnc(N)c(-c2cncnc2)n1. The number of benzene rings is 1. The van der Waals surface area contributed by atoms with Crippen LogP contribution in [0.2, 0.25) is 0 Å². The molecule has 2 aromatic heterocycles. The van der Waals surface area contributed by atoms with Gasteiger partial charge < -0.3 is 10.8 Å². The maximum absolute atomic E-state index is 13.0. The van der Waals surface area contributed by atoms with E-state index in [9.17, 15) is 13.5 Å². The van der Waals surface area contributed by atoms with Gasteiger partial charge in [-0.05, 0) is 50.3 Å². The van der Waals surface area contributed by atoms with E-state index in [1.165, 1.54) is 12.5 Å². The standard InChI is InChI=1S/C21H24N6O3S/c1-13-2-7-17(31(29,30)27-15-3-5-16(28)6-4-15)8-18(13)19-11-25-21(22)20(26-19)14-9-23-12-24-10-14/h2,7-12,15-16,27-28H,3-6H2,1H3,(H2,22,25)/t15-,16-. The molecule has 2 heterocycles. The maximum atomic E-state index is 13.0. The third-order valence-electron chi connectivity index (χ3n) is 5.45. The molecule has 0 aliphatic heterocycles. The second-order valence-electron chi connectivity index (χ2n) is 7.72. The molecule has 4 N–H and O–H groups in total. The van der Waals surface area contributed by atoms with Crippen LogP contribution in [0.15, 0.2) is 48.0 Å². The molecule has 10 heteroatoms. The number of nitrogens with two attached hydrogens (primary N) is 1. The molecule has 162 valence electrons. The topological polar surface area (TPSA) is 144 Å². The Bertz CT molecular complexity index is 1180. The molecule has 0 bridgehead atoms. The van der Waals surface area contributed by atoms with E-state index in [1.54, 1.807) is 30.6 Å². The van der Waals surface area contributed by atoms with Crippen LogP contribution in [-0.4, -0.2) is 45.6 Å². The highest BCUT2D eigenvalue weighted by atomic mass is 32.2. The van der Waals surface area contributed by atoms with Crippen LogP contribution in [0.3, 0.4) is 0 Å². The Morgan fingerprint density at radius 3 is 2.52 bits per heavy atom. The molecule has 0 unspecified atom stereocenters. The van der Waals surface area contributed by atoms with Gasteiger partial charge in [-0.3, -0.25) is 0 Å². The zero-order valence-electron chi connectivity index (χ0n) is 17.1. The Kier molecular flexibility index (Phi) is 5.94. The molecule has 0 atom stereocenters. The first kappa shape index (κ1) is 21.3. The van der Waals surface area contributed by atoms with Gasteiger partial charge in [0.2, 0.25) is 10.0 Å². The Balaban J connectivity index is 1.67. The number of nitrogens with one attached hydrogen (secondary N) is 1. The molecule has 0 spiro atoms. The predicted molar refractivity (Wildman–Crippen MR) is 116 cm³/mol. The van der Waals surface area contributed by atoms with Gasteiger partial charge in [0.25, 0.3) is 0 Å². The molecular weight excluding hydrogens is 416 g/mol. The lowest BCUT2D eigenvalue weighted by Gasteiger charge is -2.26. The van der Waals surface area contributed by atoms with Gasteiger partial charge >= 0.3 is 0 Å². The number of anilines is 1. The largest absolute Gasteiger partial charge is 0.393 e. The monoisotopic (exact) mass is 440 g/mol. The average molecular weight is 441 g/mol. The lowest BCUT2D eigenvalue weighted by Crippen LogP contribution is -2.38. The van der Waals surface area contributed by atoms with E-state index in [1.807, 2.05) is 6.92 Å². The van der Waals surface area contributed by atoms with Crippen molar-refractivity contribution in [3.05, 3.63) is 48.7 Å². The zero-order valence-corrected chi connectivity index (χ0v) is 17.9. The number of sulfonamides is 1. The van der Waals surface area contributed by atoms with E-state index in [2.05, 4.69) is 24.7 Å². The highest BCUT2D eigenvalue weighted by Crippen LogP contribution is 2.29. The van der Waals surface area contributed by atoms with E-state index in [0.29, 0.717) is 48.2 Å². The van der Waals surface area contributed by atoms with Gasteiger partial charge in [0.05, 0.1) is 22.9 Å². The number of hydrogen-bond acceptors (Lipinski definition) is 8.